The molecule has 122 valence electrons. The predicted molar refractivity (Wildman–Crippen MR) is 101 cm³/mol. The molecule has 0 bridgehead atoms. The lowest BCUT2D eigenvalue weighted by Crippen LogP contribution is -2.40. The van der Waals surface area contributed by atoms with E-state index in [2.05, 4.69) is 82.6 Å². The third-order valence-electron chi connectivity index (χ3n) is 4.29. The van der Waals surface area contributed by atoms with Crippen LogP contribution in [-0.2, 0) is 13.1 Å². The van der Waals surface area contributed by atoms with Gasteiger partial charge in [0.25, 0.3) is 0 Å². The zero-order valence-corrected chi connectivity index (χ0v) is 14.5. The summed E-state index contributed by atoms with van der Waals surface area (Å²) >= 11 is 2.08. The zero-order valence-electron chi connectivity index (χ0n) is 13.7. The van der Waals surface area contributed by atoms with Crippen LogP contribution < -0.4 is 5.32 Å². The number of hydrogen-bond acceptors (Lipinski definition) is 3. The highest BCUT2D eigenvalue weighted by Crippen LogP contribution is 2.14. The minimum atomic E-state index is 0.669. The van der Waals surface area contributed by atoms with Crippen molar-refractivity contribution in [3.8, 4) is 0 Å². The minimum absolute atomic E-state index is 0.669. The van der Waals surface area contributed by atoms with Crippen molar-refractivity contribution in [3.63, 3.8) is 0 Å². The molecule has 0 amide bonds. The minimum Gasteiger partial charge on any atom is -0.312 e. The van der Waals surface area contributed by atoms with Crippen molar-refractivity contribution in [1.82, 2.24) is 10.2 Å². The molecule has 1 N–H and O–H groups in total. The topological polar surface area (TPSA) is 15.3 Å². The van der Waals surface area contributed by atoms with Gasteiger partial charge in [0.05, 0.1) is 0 Å². The molecular formula is C20H26N2S. The van der Waals surface area contributed by atoms with Gasteiger partial charge in [-0.15, -0.1) is 0 Å². The average molecular weight is 327 g/mol. The summed E-state index contributed by atoms with van der Waals surface area (Å²) in [4.78, 5) is 2.58. The van der Waals surface area contributed by atoms with Gasteiger partial charge in [-0.2, -0.15) is 11.8 Å². The van der Waals surface area contributed by atoms with E-state index in [4.69, 9.17) is 0 Å². The van der Waals surface area contributed by atoms with Crippen molar-refractivity contribution in [1.29, 1.82) is 0 Å². The summed E-state index contributed by atoms with van der Waals surface area (Å²) in [6.07, 6.45) is 1.23. The first-order valence-electron chi connectivity index (χ1n) is 8.51. The van der Waals surface area contributed by atoms with Crippen LogP contribution in [0.25, 0.3) is 0 Å². The summed E-state index contributed by atoms with van der Waals surface area (Å²) in [7, 11) is 0. The van der Waals surface area contributed by atoms with Gasteiger partial charge < -0.3 is 5.32 Å². The standard InChI is InChI=1S/C20H26N2S/c1-3-7-18(8-4-1)15-22(16-19-9-5-2-6-10-19)13-11-20-17-23-14-12-21-20/h1-10,20-21H,11-17H2. The second-order valence-corrected chi connectivity index (χ2v) is 7.35. The molecule has 1 aliphatic rings. The fourth-order valence-electron chi connectivity index (χ4n) is 3.04. The van der Waals surface area contributed by atoms with Gasteiger partial charge in [0.2, 0.25) is 0 Å². The molecule has 3 rings (SSSR count). The van der Waals surface area contributed by atoms with E-state index in [1.165, 1.54) is 29.1 Å². The SMILES string of the molecule is c1ccc(CN(CCC2CSCCN2)Cc2ccccc2)cc1. The molecule has 0 aromatic heterocycles. The van der Waals surface area contributed by atoms with Gasteiger partial charge in [-0.25, -0.2) is 0 Å². The van der Waals surface area contributed by atoms with Crippen molar-refractivity contribution in [2.45, 2.75) is 25.6 Å². The van der Waals surface area contributed by atoms with Crippen LogP contribution >= 0.6 is 11.8 Å². The molecule has 1 aliphatic heterocycles. The van der Waals surface area contributed by atoms with E-state index in [0.29, 0.717) is 6.04 Å². The Bertz CT molecular complexity index is 511. The fraction of sp³-hybridized carbons (Fsp3) is 0.400. The van der Waals surface area contributed by atoms with Crippen LogP contribution in [0.3, 0.4) is 0 Å². The summed E-state index contributed by atoms with van der Waals surface area (Å²) in [5.41, 5.74) is 2.80. The van der Waals surface area contributed by atoms with E-state index >= 15 is 0 Å². The molecule has 1 atom stereocenters. The summed E-state index contributed by atoms with van der Waals surface area (Å²) in [6, 6.07) is 22.3. The molecule has 2 aromatic rings. The molecule has 1 fully saturated rings. The first kappa shape index (κ1) is 16.6. The van der Waals surface area contributed by atoms with Gasteiger partial charge in [-0.3, -0.25) is 4.90 Å². The van der Waals surface area contributed by atoms with Gasteiger partial charge in [-0.1, -0.05) is 60.7 Å². The number of nitrogens with one attached hydrogen (secondary N) is 1. The quantitative estimate of drug-likeness (QED) is 0.833. The molecule has 3 heteroatoms. The van der Waals surface area contributed by atoms with E-state index < -0.39 is 0 Å². The van der Waals surface area contributed by atoms with Gasteiger partial charge >= 0.3 is 0 Å². The van der Waals surface area contributed by atoms with Crippen LogP contribution in [0.2, 0.25) is 0 Å². The highest BCUT2D eigenvalue weighted by Gasteiger charge is 2.15. The van der Waals surface area contributed by atoms with Crippen LogP contribution in [0.5, 0.6) is 0 Å². The molecule has 23 heavy (non-hydrogen) atoms. The Hall–Kier alpha value is -1.29. The Balaban J connectivity index is 1.60. The smallest absolute Gasteiger partial charge is 0.0237 e. The molecule has 0 aliphatic carbocycles. The molecular weight excluding hydrogens is 300 g/mol. The molecule has 2 aromatic carbocycles. The molecule has 0 radical (unpaired) electrons. The first-order chi connectivity index (χ1) is 11.4. The third kappa shape index (κ3) is 5.69. The van der Waals surface area contributed by atoms with E-state index in [0.717, 1.165) is 26.2 Å². The predicted octanol–water partition coefficient (Wildman–Crippen LogP) is 3.78. The highest BCUT2D eigenvalue weighted by molar-refractivity contribution is 7.99. The van der Waals surface area contributed by atoms with Crippen molar-refractivity contribution >= 4 is 11.8 Å². The van der Waals surface area contributed by atoms with Crippen LogP contribution in [-0.4, -0.2) is 35.5 Å². The average Bonchev–Trinajstić information content (AvgIpc) is 2.62. The Labute approximate surface area is 144 Å². The Morgan fingerprint density at radius 1 is 0.913 bits per heavy atom. The lowest BCUT2D eigenvalue weighted by atomic mass is 10.1. The largest absolute Gasteiger partial charge is 0.312 e. The lowest BCUT2D eigenvalue weighted by Gasteiger charge is -2.28. The van der Waals surface area contributed by atoms with Crippen molar-refractivity contribution in [3.05, 3.63) is 71.8 Å². The van der Waals surface area contributed by atoms with E-state index in [1.807, 2.05) is 0 Å². The maximum absolute atomic E-state index is 3.65. The van der Waals surface area contributed by atoms with E-state index in [9.17, 15) is 0 Å². The fourth-order valence-corrected chi connectivity index (χ4v) is 4.04. The Morgan fingerprint density at radius 2 is 1.52 bits per heavy atom. The Morgan fingerprint density at radius 3 is 2.04 bits per heavy atom. The van der Waals surface area contributed by atoms with Crippen LogP contribution in [0.4, 0.5) is 0 Å². The van der Waals surface area contributed by atoms with Gasteiger partial charge in [0.15, 0.2) is 0 Å². The number of hydrogen-bond donors (Lipinski definition) is 1. The monoisotopic (exact) mass is 326 g/mol. The maximum atomic E-state index is 3.65. The Kier molecular flexibility index (Phi) is 6.56. The van der Waals surface area contributed by atoms with Crippen molar-refractivity contribution in [2.75, 3.05) is 24.6 Å². The van der Waals surface area contributed by atoms with Crippen LogP contribution in [0.1, 0.15) is 17.5 Å². The van der Waals surface area contributed by atoms with Gasteiger partial charge in [0.1, 0.15) is 0 Å². The molecule has 0 saturated carbocycles. The van der Waals surface area contributed by atoms with Gasteiger partial charge in [0, 0.05) is 43.7 Å². The van der Waals surface area contributed by atoms with Crippen LogP contribution in [0, 0.1) is 0 Å². The molecule has 1 saturated heterocycles. The van der Waals surface area contributed by atoms with Gasteiger partial charge in [-0.05, 0) is 17.5 Å². The number of thioether (sulfide) groups is 1. The normalized spacial score (nSPS) is 18.2. The lowest BCUT2D eigenvalue weighted by molar-refractivity contribution is 0.243. The zero-order chi connectivity index (χ0) is 15.7. The van der Waals surface area contributed by atoms with Crippen molar-refractivity contribution < 1.29 is 0 Å². The van der Waals surface area contributed by atoms with Crippen molar-refractivity contribution in [2.24, 2.45) is 0 Å². The summed E-state index contributed by atoms with van der Waals surface area (Å²) in [6.45, 7) is 4.35. The summed E-state index contributed by atoms with van der Waals surface area (Å²) < 4.78 is 0. The number of benzene rings is 2. The molecule has 1 heterocycles. The molecule has 0 spiro atoms. The number of nitrogens with zero attached hydrogens (tertiary/aromatic N) is 1. The second kappa shape index (κ2) is 9.11. The molecule has 1 unspecified atom stereocenters. The second-order valence-electron chi connectivity index (χ2n) is 6.20. The van der Waals surface area contributed by atoms with Crippen LogP contribution in [0.15, 0.2) is 60.7 Å². The van der Waals surface area contributed by atoms with E-state index in [1.54, 1.807) is 0 Å². The first-order valence-corrected chi connectivity index (χ1v) is 9.67. The van der Waals surface area contributed by atoms with E-state index in [-0.39, 0.29) is 0 Å². The third-order valence-corrected chi connectivity index (χ3v) is 5.42. The number of rotatable bonds is 7. The summed E-state index contributed by atoms with van der Waals surface area (Å²) in [5, 5.41) is 3.65. The summed E-state index contributed by atoms with van der Waals surface area (Å²) in [5.74, 6) is 2.51. The highest BCUT2D eigenvalue weighted by atomic mass is 32.2. The molecule has 2 nitrogen and oxygen atoms in total. The maximum Gasteiger partial charge on any atom is 0.0237 e.